The lowest BCUT2D eigenvalue weighted by Crippen LogP contribution is -2.39. The maximum absolute atomic E-state index is 3.60. The Hall–Kier alpha value is 0.210. The molecular formula is C11H23ClN2. The fourth-order valence-corrected chi connectivity index (χ4v) is 2.75. The maximum atomic E-state index is 3.60. The average Bonchev–Trinajstić information content (AvgIpc) is 2.50. The summed E-state index contributed by atoms with van der Waals surface area (Å²) in [6.07, 6.45) is 8.48. The van der Waals surface area contributed by atoms with Crippen LogP contribution in [0.25, 0.3) is 0 Å². The van der Waals surface area contributed by atoms with Gasteiger partial charge >= 0.3 is 0 Å². The molecule has 0 saturated carbocycles. The van der Waals surface area contributed by atoms with Gasteiger partial charge < -0.3 is 10.6 Å². The summed E-state index contributed by atoms with van der Waals surface area (Å²) in [5.74, 6) is 0. The van der Waals surface area contributed by atoms with E-state index in [1.807, 2.05) is 0 Å². The van der Waals surface area contributed by atoms with Gasteiger partial charge in [0.25, 0.3) is 0 Å². The molecule has 0 aromatic heterocycles. The maximum Gasteiger partial charge on any atom is 0.00200 e. The summed E-state index contributed by atoms with van der Waals surface area (Å²) in [5.41, 5.74) is 0.604. The average molecular weight is 219 g/mol. The molecule has 2 aliphatic heterocycles. The highest BCUT2D eigenvalue weighted by Gasteiger charge is 2.31. The molecule has 2 saturated heterocycles. The molecule has 14 heavy (non-hydrogen) atoms. The first-order valence-corrected chi connectivity index (χ1v) is 5.83. The zero-order valence-electron chi connectivity index (χ0n) is 8.98. The van der Waals surface area contributed by atoms with Gasteiger partial charge in [0.1, 0.15) is 0 Å². The summed E-state index contributed by atoms with van der Waals surface area (Å²) in [4.78, 5) is 0. The Kier molecular flexibility index (Phi) is 5.21. The first-order valence-electron chi connectivity index (χ1n) is 5.83. The van der Waals surface area contributed by atoms with Gasteiger partial charge in [0.2, 0.25) is 0 Å². The molecule has 2 nitrogen and oxygen atoms in total. The van der Waals surface area contributed by atoms with Crippen molar-refractivity contribution in [1.29, 1.82) is 0 Å². The van der Waals surface area contributed by atoms with Crippen LogP contribution in [0.15, 0.2) is 0 Å². The molecule has 3 heteroatoms. The molecule has 2 aliphatic rings. The second kappa shape index (κ2) is 5.94. The number of hydrogen-bond donors (Lipinski definition) is 2. The fraction of sp³-hybridized carbons (Fsp3) is 1.00. The van der Waals surface area contributed by atoms with E-state index < -0.39 is 0 Å². The highest BCUT2D eigenvalue weighted by atomic mass is 35.5. The molecule has 0 aromatic carbocycles. The van der Waals surface area contributed by atoms with Crippen LogP contribution in [0.4, 0.5) is 0 Å². The number of nitrogens with one attached hydrogen (secondary N) is 2. The van der Waals surface area contributed by atoms with Gasteiger partial charge in [0.05, 0.1) is 0 Å². The molecule has 0 amide bonds. The van der Waals surface area contributed by atoms with Crippen molar-refractivity contribution in [2.24, 2.45) is 5.41 Å². The zero-order valence-corrected chi connectivity index (χ0v) is 9.80. The van der Waals surface area contributed by atoms with Gasteiger partial charge in [-0.15, -0.1) is 12.4 Å². The minimum Gasteiger partial charge on any atom is -0.316 e. The molecule has 0 aromatic rings. The summed E-state index contributed by atoms with van der Waals surface area (Å²) in [7, 11) is 0. The summed E-state index contributed by atoms with van der Waals surface area (Å²) >= 11 is 0. The van der Waals surface area contributed by atoms with E-state index in [-0.39, 0.29) is 12.4 Å². The lowest BCUT2D eigenvalue weighted by molar-refractivity contribution is 0.242. The number of rotatable bonds is 0. The monoisotopic (exact) mass is 218 g/mol. The van der Waals surface area contributed by atoms with Crippen LogP contribution in [0.1, 0.15) is 38.5 Å². The van der Waals surface area contributed by atoms with Crippen molar-refractivity contribution < 1.29 is 0 Å². The van der Waals surface area contributed by atoms with E-state index in [1.54, 1.807) is 0 Å². The van der Waals surface area contributed by atoms with Crippen molar-refractivity contribution in [3.63, 3.8) is 0 Å². The van der Waals surface area contributed by atoms with Gasteiger partial charge in [0, 0.05) is 13.1 Å². The molecule has 2 rings (SSSR count). The Balaban J connectivity index is 0.000000980. The standard InChI is InChI=1S/C11H22N2.ClH/c1-3-7-12-9-11(5-1)6-2-4-8-13-10-11;/h12-13H,1-10H2;1H. The van der Waals surface area contributed by atoms with E-state index in [4.69, 9.17) is 0 Å². The molecule has 0 unspecified atom stereocenters. The summed E-state index contributed by atoms with van der Waals surface area (Å²) in [6.45, 7) is 4.98. The van der Waals surface area contributed by atoms with Gasteiger partial charge in [0.15, 0.2) is 0 Å². The lowest BCUT2D eigenvalue weighted by atomic mass is 9.79. The van der Waals surface area contributed by atoms with Crippen molar-refractivity contribution in [3.05, 3.63) is 0 Å². The zero-order chi connectivity index (χ0) is 8.99. The molecule has 0 aliphatic carbocycles. The smallest absolute Gasteiger partial charge is 0.00200 e. The summed E-state index contributed by atoms with van der Waals surface area (Å²) in [6, 6.07) is 0. The molecule has 84 valence electrons. The van der Waals surface area contributed by atoms with E-state index >= 15 is 0 Å². The molecule has 0 atom stereocenters. The molecule has 1 spiro atoms. The molecule has 0 radical (unpaired) electrons. The lowest BCUT2D eigenvalue weighted by Gasteiger charge is -2.31. The van der Waals surface area contributed by atoms with E-state index in [9.17, 15) is 0 Å². The van der Waals surface area contributed by atoms with Gasteiger partial charge in [-0.2, -0.15) is 0 Å². The highest BCUT2D eigenvalue weighted by molar-refractivity contribution is 5.85. The van der Waals surface area contributed by atoms with Gasteiger partial charge in [-0.1, -0.05) is 12.8 Å². The van der Waals surface area contributed by atoms with Crippen molar-refractivity contribution in [2.75, 3.05) is 26.2 Å². The first kappa shape index (κ1) is 12.3. The number of halogens is 1. The highest BCUT2D eigenvalue weighted by Crippen LogP contribution is 2.32. The second-order valence-corrected chi connectivity index (χ2v) is 4.77. The molecule has 2 fully saturated rings. The van der Waals surface area contributed by atoms with Crippen LogP contribution in [-0.2, 0) is 0 Å². The van der Waals surface area contributed by atoms with Crippen LogP contribution >= 0.6 is 12.4 Å². The van der Waals surface area contributed by atoms with Crippen LogP contribution in [-0.4, -0.2) is 26.2 Å². The van der Waals surface area contributed by atoms with Crippen molar-refractivity contribution >= 4 is 12.4 Å². The fourth-order valence-electron chi connectivity index (χ4n) is 2.75. The Labute approximate surface area is 93.6 Å². The third kappa shape index (κ3) is 3.11. The number of hydrogen-bond acceptors (Lipinski definition) is 2. The van der Waals surface area contributed by atoms with Crippen LogP contribution in [0, 0.1) is 5.41 Å². The first-order chi connectivity index (χ1) is 6.41. The van der Waals surface area contributed by atoms with Crippen molar-refractivity contribution in [1.82, 2.24) is 10.6 Å². The summed E-state index contributed by atoms with van der Waals surface area (Å²) < 4.78 is 0. The van der Waals surface area contributed by atoms with Crippen LogP contribution in [0.3, 0.4) is 0 Å². The van der Waals surface area contributed by atoms with Crippen molar-refractivity contribution in [2.45, 2.75) is 38.5 Å². The van der Waals surface area contributed by atoms with Gasteiger partial charge in [-0.05, 0) is 44.2 Å². The predicted molar refractivity (Wildman–Crippen MR) is 63.1 cm³/mol. The Morgan fingerprint density at radius 1 is 0.714 bits per heavy atom. The topological polar surface area (TPSA) is 24.1 Å². The molecule has 0 bridgehead atoms. The third-order valence-electron chi connectivity index (χ3n) is 3.62. The molecular weight excluding hydrogens is 196 g/mol. The Morgan fingerprint density at radius 3 is 1.71 bits per heavy atom. The Morgan fingerprint density at radius 2 is 1.21 bits per heavy atom. The molecule has 2 N–H and O–H groups in total. The van der Waals surface area contributed by atoms with Crippen molar-refractivity contribution in [3.8, 4) is 0 Å². The molecule has 2 heterocycles. The minimum atomic E-state index is 0. The van der Waals surface area contributed by atoms with Crippen LogP contribution in [0.2, 0.25) is 0 Å². The van der Waals surface area contributed by atoms with Crippen LogP contribution < -0.4 is 10.6 Å². The van der Waals surface area contributed by atoms with E-state index in [1.165, 1.54) is 64.7 Å². The quantitative estimate of drug-likeness (QED) is 0.650. The largest absolute Gasteiger partial charge is 0.316 e. The van der Waals surface area contributed by atoms with E-state index in [2.05, 4.69) is 10.6 Å². The van der Waals surface area contributed by atoms with E-state index in [0.29, 0.717) is 5.41 Å². The Bertz CT molecular complexity index is 124. The van der Waals surface area contributed by atoms with E-state index in [0.717, 1.165) is 0 Å². The summed E-state index contributed by atoms with van der Waals surface area (Å²) in [5, 5.41) is 7.19. The van der Waals surface area contributed by atoms with Gasteiger partial charge in [-0.3, -0.25) is 0 Å². The predicted octanol–water partition coefficient (Wildman–Crippen LogP) is 1.94. The minimum absolute atomic E-state index is 0. The van der Waals surface area contributed by atoms with Gasteiger partial charge in [-0.25, -0.2) is 0 Å². The third-order valence-corrected chi connectivity index (χ3v) is 3.62. The normalized spacial score (nSPS) is 27.4. The second-order valence-electron chi connectivity index (χ2n) is 4.77. The van der Waals surface area contributed by atoms with Crippen LogP contribution in [0.5, 0.6) is 0 Å². The SMILES string of the molecule is C1CCC2(CCCCNC2)CNC1.Cl.